The molecule has 0 saturated heterocycles. The number of anilines is 1. The second-order valence-electron chi connectivity index (χ2n) is 7.52. The highest BCUT2D eigenvalue weighted by Gasteiger charge is 2.49. The summed E-state index contributed by atoms with van der Waals surface area (Å²) in [5, 5.41) is 8.93. The molecule has 0 radical (unpaired) electrons. The van der Waals surface area contributed by atoms with E-state index in [0.29, 0.717) is 17.4 Å². The second kappa shape index (κ2) is 7.92. The number of nitriles is 1. The lowest BCUT2D eigenvalue weighted by molar-refractivity contribution is -0.148. The van der Waals surface area contributed by atoms with Crippen molar-refractivity contribution < 1.29 is 27.5 Å². The van der Waals surface area contributed by atoms with Gasteiger partial charge < -0.3 is 4.74 Å². The highest BCUT2D eigenvalue weighted by atomic mass is 19.4. The van der Waals surface area contributed by atoms with Crippen molar-refractivity contribution in [2.45, 2.75) is 45.4 Å². The van der Waals surface area contributed by atoms with Gasteiger partial charge in [-0.15, -0.1) is 0 Å². The van der Waals surface area contributed by atoms with E-state index in [2.05, 4.69) is 0 Å². The van der Waals surface area contributed by atoms with E-state index in [0.717, 1.165) is 12.5 Å². The van der Waals surface area contributed by atoms with Crippen LogP contribution in [0.5, 0.6) is 0 Å². The zero-order chi connectivity index (χ0) is 21.3. The molecular weight excluding hydrogens is 373 g/mol. The van der Waals surface area contributed by atoms with Gasteiger partial charge >= 0.3 is 6.18 Å². The van der Waals surface area contributed by atoms with E-state index in [4.69, 9.17) is 10.00 Å². The Morgan fingerprint density at radius 3 is 2.54 bits per heavy atom. The Morgan fingerprint density at radius 2 is 2.04 bits per heavy atom. The van der Waals surface area contributed by atoms with Gasteiger partial charge in [0.25, 0.3) is 0 Å². The molecule has 0 spiro atoms. The van der Waals surface area contributed by atoms with Gasteiger partial charge in [0.15, 0.2) is 0 Å². The Labute approximate surface area is 162 Å². The number of alkyl halides is 3. The summed E-state index contributed by atoms with van der Waals surface area (Å²) < 4.78 is 45.4. The molecule has 5 nitrogen and oxygen atoms in total. The summed E-state index contributed by atoms with van der Waals surface area (Å²) in [5.74, 6) is -1.25. The van der Waals surface area contributed by atoms with Crippen LogP contribution in [0.25, 0.3) is 0 Å². The molecular formula is C20H23F3N2O3. The summed E-state index contributed by atoms with van der Waals surface area (Å²) in [4.78, 5) is 25.6. The number of carbonyl (C=O) groups excluding carboxylic acids is 2. The summed E-state index contributed by atoms with van der Waals surface area (Å²) in [7, 11) is 1.48. The van der Waals surface area contributed by atoms with Crippen LogP contribution in [0, 0.1) is 29.1 Å². The van der Waals surface area contributed by atoms with Crippen LogP contribution in [0.3, 0.4) is 0 Å². The maximum absolute atomic E-state index is 13.3. The van der Waals surface area contributed by atoms with Gasteiger partial charge in [-0.3, -0.25) is 14.5 Å². The van der Waals surface area contributed by atoms with Gasteiger partial charge in [0.1, 0.15) is 0 Å². The quantitative estimate of drug-likeness (QED) is 0.717. The zero-order valence-electron chi connectivity index (χ0n) is 16.2. The highest BCUT2D eigenvalue weighted by Crippen LogP contribution is 2.44. The van der Waals surface area contributed by atoms with Gasteiger partial charge in [0.05, 0.1) is 34.4 Å². The van der Waals surface area contributed by atoms with Crippen LogP contribution in [-0.2, 0) is 20.5 Å². The molecule has 28 heavy (non-hydrogen) atoms. The normalized spacial score (nSPS) is 27.7. The molecule has 4 atom stereocenters. The van der Waals surface area contributed by atoms with Crippen LogP contribution < -0.4 is 4.90 Å². The summed E-state index contributed by atoms with van der Waals surface area (Å²) >= 11 is 0. The van der Waals surface area contributed by atoms with E-state index in [1.165, 1.54) is 19.2 Å². The number of amides is 2. The van der Waals surface area contributed by atoms with Crippen molar-refractivity contribution in [3.63, 3.8) is 0 Å². The Hall–Kier alpha value is -2.40. The largest absolute Gasteiger partial charge is 0.417 e. The highest BCUT2D eigenvalue weighted by molar-refractivity contribution is 6.08. The van der Waals surface area contributed by atoms with Gasteiger partial charge in [-0.2, -0.15) is 18.4 Å². The average Bonchev–Trinajstić information content (AvgIpc) is 2.65. The van der Waals surface area contributed by atoms with Crippen LogP contribution in [0.2, 0.25) is 0 Å². The predicted molar refractivity (Wildman–Crippen MR) is 96.2 cm³/mol. The fourth-order valence-corrected chi connectivity index (χ4v) is 3.94. The fraction of sp³-hybridized carbons (Fsp3) is 0.550. The molecule has 0 bridgehead atoms. The number of hydrogen-bond acceptors (Lipinski definition) is 4. The zero-order valence-corrected chi connectivity index (χ0v) is 16.2. The van der Waals surface area contributed by atoms with Gasteiger partial charge in [-0.05, 0) is 49.8 Å². The van der Waals surface area contributed by atoms with E-state index in [9.17, 15) is 22.8 Å². The summed E-state index contributed by atoms with van der Waals surface area (Å²) in [5.41, 5.74) is -2.82. The molecule has 0 aliphatic heterocycles. The third kappa shape index (κ3) is 3.90. The van der Waals surface area contributed by atoms with Crippen molar-refractivity contribution in [3.05, 3.63) is 29.3 Å². The number of benzene rings is 1. The first kappa shape index (κ1) is 21.9. The molecule has 1 saturated carbocycles. The fourth-order valence-electron chi connectivity index (χ4n) is 3.94. The predicted octanol–water partition coefficient (Wildman–Crippen LogP) is 4.15. The Kier molecular flexibility index (Phi) is 6.19. The van der Waals surface area contributed by atoms with E-state index in [-0.39, 0.29) is 23.9 Å². The molecule has 1 aromatic rings. The van der Waals surface area contributed by atoms with Crippen molar-refractivity contribution in [1.29, 1.82) is 5.26 Å². The SMILES string of the molecule is COC1(C)CCC(C)C(C)C1C(=O)N(C=O)c1ccc(C#N)c(C(F)(F)F)c1. The first-order valence-electron chi connectivity index (χ1n) is 8.95. The van der Waals surface area contributed by atoms with E-state index < -0.39 is 34.7 Å². The Bertz CT molecular complexity index is 803. The number of carbonyl (C=O) groups is 2. The lowest BCUT2D eigenvalue weighted by Crippen LogP contribution is -2.54. The summed E-state index contributed by atoms with van der Waals surface area (Å²) in [6, 6.07) is 4.27. The maximum Gasteiger partial charge on any atom is 0.417 e. The van der Waals surface area contributed by atoms with Crippen LogP contribution in [0.1, 0.15) is 44.7 Å². The third-order valence-electron chi connectivity index (χ3n) is 5.96. The molecule has 2 amide bonds. The topological polar surface area (TPSA) is 70.4 Å². The molecule has 8 heteroatoms. The number of hydrogen-bond donors (Lipinski definition) is 0. The lowest BCUT2D eigenvalue weighted by Gasteiger charge is -2.46. The Balaban J connectivity index is 2.51. The minimum Gasteiger partial charge on any atom is -0.378 e. The van der Waals surface area contributed by atoms with Crippen molar-refractivity contribution in [2.24, 2.45) is 17.8 Å². The monoisotopic (exact) mass is 396 g/mol. The smallest absolute Gasteiger partial charge is 0.378 e. The number of ether oxygens (including phenoxy) is 1. The van der Waals surface area contributed by atoms with Crippen molar-refractivity contribution in [1.82, 2.24) is 0 Å². The first-order chi connectivity index (χ1) is 13.0. The van der Waals surface area contributed by atoms with Crippen molar-refractivity contribution >= 4 is 18.0 Å². The second-order valence-corrected chi connectivity index (χ2v) is 7.52. The minimum absolute atomic E-state index is 0.130. The molecule has 152 valence electrons. The molecule has 0 aromatic heterocycles. The van der Waals surface area contributed by atoms with Gasteiger partial charge in [-0.25, -0.2) is 0 Å². The number of nitrogens with zero attached hydrogens (tertiary/aromatic N) is 2. The molecule has 2 rings (SSSR count). The van der Waals surface area contributed by atoms with E-state index in [1.807, 2.05) is 13.8 Å². The minimum atomic E-state index is -4.79. The lowest BCUT2D eigenvalue weighted by atomic mass is 9.65. The number of methoxy groups -OCH3 is 1. The molecule has 1 aliphatic rings. The van der Waals surface area contributed by atoms with Crippen LogP contribution in [-0.4, -0.2) is 25.0 Å². The summed E-state index contributed by atoms with van der Waals surface area (Å²) in [6.45, 7) is 5.66. The molecule has 1 aromatic carbocycles. The molecule has 1 aliphatic carbocycles. The first-order valence-corrected chi connectivity index (χ1v) is 8.95. The van der Waals surface area contributed by atoms with Crippen LogP contribution >= 0.6 is 0 Å². The van der Waals surface area contributed by atoms with E-state index in [1.54, 1.807) is 6.92 Å². The average molecular weight is 396 g/mol. The van der Waals surface area contributed by atoms with Crippen LogP contribution in [0.15, 0.2) is 18.2 Å². The Morgan fingerprint density at radius 1 is 1.39 bits per heavy atom. The van der Waals surface area contributed by atoms with Gasteiger partial charge in [0.2, 0.25) is 12.3 Å². The molecule has 0 heterocycles. The maximum atomic E-state index is 13.3. The number of halogens is 3. The standard InChI is InChI=1S/C20H23F3N2O3/c1-12-7-8-19(3,28-4)17(13(12)2)18(27)25(11-26)15-6-5-14(10-24)16(9-15)20(21,22)23/h5-6,9,11-13,17H,7-8H2,1-4H3. The van der Waals surface area contributed by atoms with Gasteiger partial charge in [-0.1, -0.05) is 13.8 Å². The van der Waals surface area contributed by atoms with Crippen LogP contribution in [0.4, 0.5) is 18.9 Å². The molecule has 0 N–H and O–H groups in total. The summed E-state index contributed by atoms with van der Waals surface area (Å²) in [6.07, 6.45) is -3.14. The van der Waals surface area contributed by atoms with Gasteiger partial charge in [0, 0.05) is 7.11 Å². The van der Waals surface area contributed by atoms with Crippen molar-refractivity contribution in [2.75, 3.05) is 12.0 Å². The number of imide groups is 1. The third-order valence-corrected chi connectivity index (χ3v) is 5.96. The van der Waals surface area contributed by atoms with Crippen molar-refractivity contribution in [3.8, 4) is 6.07 Å². The number of rotatable bonds is 4. The molecule has 1 fully saturated rings. The molecule has 4 unspecified atom stereocenters. The van der Waals surface area contributed by atoms with E-state index >= 15 is 0 Å².